The SMILES string of the molecule is CN(C)C(=O)Cc1cc(NCc2ccco2)cc2c(Nc3ccc(F)c(Cl)c3)c(C#N)cnc12. The van der Waals surface area contributed by atoms with Crippen LogP contribution in [0.2, 0.25) is 5.02 Å². The molecule has 2 aromatic carbocycles. The molecule has 2 N–H and O–H groups in total. The number of carbonyl (C=O) groups is 1. The first-order valence-corrected chi connectivity index (χ1v) is 10.8. The monoisotopic (exact) mass is 477 g/mol. The quantitative estimate of drug-likeness (QED) is 0.366. The molecule has 0 bridgehead atoms. The van der Waals surface area contributed by atoms with Gasteiger partial charge in [0.25, 0.3) is 0 Å². The van der Waals surface area contributed by atoms with Gasteiger partial charge in [-0.25, -0.2) is 4.39 Å². The zero-order valence-corrected chi connectivity index (χ0v) is 19.3. The van der Waals surface area contributed by atoms with Gasteiger partial charge in [0, 0.05) is 37.1 Å². The number of fused-ring (bicyclic) bond motifs is 1. The smallest absolute Gasteiger partial charge is 0.226 e. The molecule has 2 heterocycles. The number of halogens is 2. The van der Waals surface area contributed by atoms with Crippen LogP contribution in [0.5, 0.6) is 0 Å². The van der Waals surface area contributed by atoms with Crippen LogP contribution < -0.4 is 10.6 Å². The van der Waals surface area contributed by atoms with E-state index in [1.54, 1.807) is 26.4 Å². The van der Waals surface area contributed by atoms with Crippen LogP contribution in [0.15, 0.2) is 59.3 Å². The van der Waals surface area contributed by atoms with Crippen molar-refractivity contribution < 1.29 is 13.6 Å². The summed E-state index contributed by atoms with van der Waals surface area (Å²) in [6, 6.07) is 13.7. The largest absolute Gasteiger partial charge is 0.467 e. The fraction of sp³-hybridized carbons (Fsp3) is 0.160. The van der Waals surface area contributed by atoms with Gasteiger partial charge < -0.3 is 20.0 Å². The van der Waals surface area contributed by atoms with Crippen molar-refractivity contribution in [1.82, 2.24) is 9.88 Å². The van der Waals surface area contributed by atoms with Crippen LogP contribution in [0.1, 0.15) is 16.9 Å². The summed E-state index contributed by atoms with van der Waals surface area (Å²) in [7, 11) is 3.38. The Kier molecular flexibility index (Phi) is 6.66. The molecule has 9 heteroatoms. The van der Waals surface area contributed by atoms with Crippen LogP contribution in [0.25, 0.3) is 10.9 Å². The van der Waals surface area contributed by atoms with E-state index in [1.807, 2.05) is 18.2 Å². The summed E-state index contributed by atoms with van der Waals surface area (Å²) < 4.78 is 19.1. The number of nitrogens with one attached hydrogen (secondary N) is 2. The van der Waals surface area contributed by atoms with Gasteiger partial charge in [0.15, 0.2) is 0 Å². The van der Waals surface area contributed by atoms with Gasteiger partial charge in [0.2, 0.25) is 5.91 Å². The lowest BCUT2D eigenvalue weighted by atomic mass is 10.0. The van der Waals surface area contributed by atoms with Crippen molar-refractivity contribution in [1.29, 1.82) is 5.26 Å². The molecule has 0 unspecified atom stereocenters. The van der Waals surface area contributed by atoms with E-state index in [0.29, 0.717) is 39.9 Å². The molecule has 7 nitrogen and oxygen atoms in total. The van der Waals surface area contributed by atoms with Crippen molar-refractivity contribution in [3.05, 3.63) is 82.7 Å². The minimum Gasteiger partial charge on any atom is -0.467 e. The molecule has 0 radical (unpaired) electrons. The van der Waals surface area contributed by atoms with E-state index in [-0.39, 0.29) is 17.4 Å². The second kappa shape index (κ2) is 9.81. The fourth-order valence-electron chi connectivity index (χ4n) is 3.47. The molecule has 34 heavy (non-hydrogen) atoms. The van der Waals surface area contributed by atoms with Crippen molar-refractivity contribution >= 4 is 45.5 Å². The maximum atomic E-state index is 13.7. The lowest BCUT2D eigenvalue weighted by Gasteiger charge is -2.17. The van der Waals surface area contributed by atoms with Gasteiger partial charge in [-0.1, -0.05) is 11.6 Å². The molecule has 4 aromatic rings. The Balaban J connectivity index is 1.84. The molecule has 0 fully saturated rings. The molecule has 0 spiro atoms. The van der Waals surface area contributed by atoms with Crippen LogP contribution in [0.3, 0.4) is 0 Å². The highest BCUT2D eigenvalue weighted by molar-refractivity contribution is 6.31. The average molecular weight is 478 g/mol. The number of amides is 1. The highest BCUT2D eigenvalue weighted by Gasteiger charge is 2.17. The Bertz CT molecular complexity index is 1400. The summed E-state index contributed by atoms with van der Waals surface area (Å²) in [5, 5.41) is 16.8. The van der Waals surface area contributed by atoms with Crippen molar-refractivity contribution in [3.63, 3.8) is 0 Å². The molecule has 0 aliphatic carbocycles. The summed E-state index contributed by atoms with van der Waals surface area (Å²) in [4.78, 5) is 18.5. The predicted molar refractivity (Wildman–Crippen MR) is 130 cm³/mol. The summed E-state index contributed by atoms with van der Waals surface area (Å²) in [6.45, 7) is 0.432. The van der Waals surface area contributed by atoms with E-state index >= 15 is 0 Å². The number of anilines is 3. The highest BCUT2D eigenvalue weighted by atomic mass is 35.5. The van der Waals surface area contributed by atoms with Gasteiger partial charge in [-0.2, -0.15) is 5.26 Å². The van der Waals surface area contributed by atoms with Crippen molar-refractivity contribution in [2.24, 2.45) is 0 Å². The number of nitrogens with zero attached hydrogens (tertiary/aromatic N) is 3. The zero-order chi connectivity index (χ0) is 24.2. The minimum atomic E-state index is -0.541. The molecule has 0 saturated heterocycles. The van der Waals surface area contributed by atoms with Gasteiger partial charge in [0.05, 0.1) is 41.0 Å². The van der Waals surface area contributed by atoms with E-state index in [4.69, 9.17) is 16.0 Å². The Labute approximate surface area is 200 Å². The van der Waals surface area contributed by atoms with E-state index in [1.165, 1.54) is 29.3 Å². The molecule has 0 aliphatic heterocycles. The normalized spacial score (nSPS) is 10.7. The summed E-state index contributed by atoms with van der Waals surface area (Å²) >= 11 is 5.95. The first-order valence-electron chi connectivity index (χ1n) is 10.4. The number of nitriles is 1. The number of furan rings is 1. The summed E-state index contributed by atoms with van der Waals surface area (Å²) in [5.74, 6) is 0.117. The third kappa shape index (κ3) is 4.95. The van der Waals surface area contributed by atoms with Crippen LogP contribution in [-0.4, -0.2) is 29.9 Å². The second-order valence-electron chi connectivity index (χ2n) is 7.84. The first-order chi connectivity index (χ1) is 16.4. The molecular formula is C25H21ClFN5O2. The van der Waals surface area contributed by atoms with E-state index in [2.05, 4.69) is 21.7 Å². The van der Waals surface area contributed by atoms with E-state index in [0.717, 1.165) is 11.4 Å². The van der Waals surface area contributed by atoms with Crippen molar-refractivity contribution in [2.45, 2.75) is 13.0 Å². The van der Waals surface area contributed by atoms with E-state index < -0.39 is 5.82 Å². The van der Waals surface area contributed by atoms with Gasteiger partial charge >= 0.3 is 0 Å². The van der Waals surface area contributed by atoms with Crippen LogP contribution in [0.4, 0.5) is 21.5 Å². The Morgan fingerprint density at radius 1 is 1.24 bits per heavy atom. The molecule has 4 rings (SSSR count). The predicted octanol–water partition coefficient (Wildman–Crippen LogP) is 5.48. The minimum absolute atomic E-state index is 0.0417. The number of likely N-dealkylation sites (N-methyl/N-ethyl adjacent to an activating group) is 1. The molecule has 1 amide bonds. The Morgan fingerprint density at radius 2 is 2.06 bits per heavy atom. The van der Waals surface area contributed by atoms with Gasteiger partial charge in [0.1, 0.15) is 17.6 Å². The average Bonchev–Trinajstić information content (AvgIpc) is 3.34. The highest BCUT2D eigenvalue weighted by Crippen LogP contribution is 2.34. The van der Waals surface area contributed by atoms with Crippen LogP contribution in [-0.2, 0) is 17.8 Å². The van der Waals surface area contributed by atoms with Gasteiger partial charge in [-0.3, -0.25) is 9.78 Å². The van der Waals surface area contributed by atoms with Crippen LogP contribution >= 0.6 is 11.6 Å². The number of pyridine rings is 1. The number of hydrogen-bond acceptors (Lipinski definition) is 6. The lowest BCUT2D eigenvalue weighted by Crippen LogP contribution is -2.23. The number of aromatic nitrogens is 1. The van der Waals surface area contributed by atoms with Gasteiger partial charge in [-0.05, 0) is 48.0 Å². The molecule has 172 valence electrons. The number of rotatable bonds is 7. The lowest BCUT2D eigenvalue weighted by molar-refractivity contribution is -0.127. The maximum Gasteiger partial charge on any atom is 0.226 e. The van der Waals surface area contributed by atoms with Gasteiger partial charge in [-0.15, -0.1) is 0 Å². The van der Waals surface area contributed by atoms with Crippen LogP contribution in [0, 0.1) is 17.1 Å². The maximum absolute atomic E-state index is 13.7. The first kappa shape index (κ1) is 23.1. The molecule has 2 aromatic heterocycles. The Hall–Kier alpha value is -4.09. The molecular weight excluding hydrogens is 457 g/mol. The third-order valence-electron chi connectivity index (χ3n) is 5.25. The number of hydrogen-bond donors (Lipinski definition) is 2. The molecule has 0 aliphatic rings. The fourth-order valence-corrected chi connectivity index (χ4v) is 3.65. The molecule has 0 atom stereocenters. The standard InChI is InChI=1S/C25H21ClFN5O2/c1-32(2)23(33)9-15-8-18(29-14-19-4-3-7-34-19)10-20-24(15)30-13-16(12-28)25(20)31-17-5-6-22(27)21(26)11-17/h3-8,10-11,13,29H,9,14H2,1-2H3,(H,30,31). The number of carbonyl (C=O) groups excluding carboxylic acids is 1. The van der Waals surface area contributed by atoms with E-state index in [9.17, 15) is 14.4 Å². The topological polar surface area (TPSA) is 94.2 Å². The summed E-state index contributed by atoms with van der Waals surface area (Å²) in [5.41, 5.74) is 3.28. The molecule has 0 saturated carbocycles. The van der Waals surface area contributed by atoms with Crippen molar-refractivity contribution in [3.8, 4) is 6.07 Å². The zero-order valence-electron chi connectivity index (χ0n) is 18.5. The second-order valence-corrected chi connectivity index (χ2v) is 8.25. The third-order valence-corrected chi connectivity index (χ3v) is 5.54. The van der Waals surface area contributed by atoms with Crippen molar-refractivity contribution in [2.75, 3.05) is 24.7 Å². The number of benzene rings is 2. The Morgan fingerprint density at radius 3 is 2.74 bits per heavy atom. The summed E-state index contributed by atoms with van der Waals surface area (Å²) in [6.07, 6.45) is 3.17.